The van der Waals surface area contributed by atoms with Gasteiger partial charge in [0.15, 0.2) is 0 Å². The second kappa shape index (κ2) is 4.89. The van der Waals surface area contributed by atoms with E-state index in [1.165, 1.54) is 5.56 Å². The molecule has 3 aromatic rings. The predicted octanol–water partition coefficient (Wildman–Crippen LogP) is 4.62. The second-order valence-electron chi connectivity index (χ2n) is 4.14. The van der Waals surface area contributed by atoms with E-state index < -0.39 is 0 Å². The van der Waals surface area contributed by atoms with Gasteiger partial charge in [0.2, 0.25) is 0 Å². The van der Waals surface area contributed by atoms with Crippen LogP contribution in [0.15, 0.2) is 72.8 Å². The minimum absolute atomic E-state index is 1.01. The van der Waals surface area contributed by atoms with E-state index in [0.717, 1.165) is 16.7 Å². The molecule has 0 aromatic heterocycles. The lowest BCUT2D eigenvalue weighted by atomic mass is 10.0. The summed E-state index contributed by atoms with van der Waals surface area (Å²) in [6.45, 7) is 0. The van der Waals surface area contributed by atoms with Crippen molar-refractivity contribution in [3.05, 3.63) is 84.9 Å². The van der Waals surface area contributed by atoms with E-state index in [9.17, 15) is 0 Å². The molecule has 2 radical (unpaired) electrons. The Labute approximate surface area is 108 Å². The first-order valence-electron chi connectivity index (χ1n) is 5.98. The molecule has 0 fully saturated rings. The average molecular weight is 228 g/mol. The summed E-state index contributed by atoms with van der Waals surface area (Å²) in [5.41, 5.74) is 4.51. The Hall–Kier alpha value is -2.34. The van der Waals surface area contributed by atoms with Gasteiger partial charge in [-0.15, -0.1) is 0 Å². The zero-order valence-electron chi connectivity index (χ0n) is 9.93. The zero-order valence-corrected chi connectivity index (χ0v) is 9.93. The molecule has 0 atom stereocenters. The highest BCUT2D eigenvalue weighted by atomic mass is 14.0. The molecule has 84 valence electrons. The third kappa shape index (κ3) is 2.18. The standard InChI is InChI=1S/C18H12/c1-3-7-15(8-4-1)17-11-13-18(14-12-17)16-9-5-2-6-10-16/h1-12H. The van der Waals surface area contributed by atoms with Crippen LogP contribution in [0, 0.1) is 12.1 Å². The Morgan fingerprint density at radius 1 is 0.500 bits per heavy atom. The molecule has 0 nitrogen and oxygen atoms in total. The van der Waals surface area contributed by atoms with Gasteiger partial charge in [-0.2, -0.15) is 0 Å². The van der Waals surface area contributed by atoms with E-state index in [2.05, 4.69) is 36.4 Å². The molecule has 0 spiro atoms. The molecular formula is C18H12. The van der Waals surface area contributed by atoms with Crippen LogP contribution >= 0.6 is 0 Å². The first kappa shape index (κ1) is 10.8. The van der Waals surface area contributed by atoms with E-state index in [-0.39, 0.29) is 0 Å². The third-order valence-electron chi connectivity index (χ3n) is 2.91. The van der Waals surface area contributed by atoms with Crippen molar-refractivity contribution < 1.29 is 0 Å². The molecule has 18 heavy (non-hydrogen) atoms. The molecule has 3 aromatic carbocycles. The smallest absolute Gasteiger partial charge is 0.00259 e. The molecule has 0 saturated heterocycles. The first-order valence-corrected chi connectivity index (χ1v) is 5.98. The highest BCUT2D eigenvalue weighted by Gasteiger charge is 1.99. The summed E-state index contributed by atoms with van der Waals surface area (Å²) in [7, 11) is 0. The quantitative estimate of drug-likeness (QED) is 0.600. The minimum atomic E-state index is 1.01. The van der Waals surface area contributed by atoms with Gasteiger partial charge in [0.25, 0.3) is 0 Å². The number of rotatable bonds is 2. The summed E-state index contributed by atoms with van der Waals surface area (Å²) in [6.07, 6.45) is 0. The van der Waals surface area contributed by atoms with Crippen LogP contribution < -0.4 is 0 Å². The van der Waals surface area contributed by atoms with Crippen molar-refractivity contribution in [2.45, 2.75) is 0 Å². The number of benzene rings is 3. The predicted molar refractivity (Wildman–Crippen MR) is 75.0 cm³/mol. The number of hydrogen-bond donors (Lipinski definition) is 0. The summed E-state index contributed by atoms with van der Waals surface area (Å²) in [5.74, 6) is 0. The van der Waals surface area contributed by atoms with Gasteiger partial charge in [-0.05, 0) is 46.5 Å². The zero-order chi connectivity index (χ0) is 12.2. The van der Waals surface area contributed by atoms with Crippen molar-refractivity contribution >= 4 is 0 Å². The van der Waals surface area contributed by atoms with Crippen molar-refractivity contribution in [2.24, 2.45) is 0 Å². The molecule has 0 bridgehead atoms. The summed E-state index contributed by atoms with van der Waals surface area (Å²) in [6, 6.07) is 31.2. The molecule has 0 aliphatic heterocycles. The lowest BCUT2D eigenvalue weighted by Gasteiger charge is -2.03. The maximum Gasteiger partial charge on any atom is -0.00259 e. The summed E-state index contributed by atoms with van der Waals surface area (Å²) < 4.78 is 0. The average Bonchev–Trinajstić information content (AvgIpc) is 2.49. The highest BCUT2D eigenvalue weighted by Crippen LogP contribution is 2.23. The van der Waals surface area contributed by atoms with Crippen LogP contribution in [0.25, 0.3) is 22.3 Å². The van der Waals surface area contributed by atoms with Crippen LogP contribution in [0.3, 0.4) is 0 Å². The van der Waals surface area contributed by atoms with Gasteiger partial charge in [0, 0.05) is 0 Å². The van der Waals surface area contributed by atoms with E-state index in [0.29, 0.717) is 0 Å². The molecule has 0 aliphatic rings. The largest absolute Gasteiger partial charge is 0.0622 e. The Kier molecular flexibility index (Phi) is 2.93. The topological polar surface area (TPSA) is 0 Å². The molecule has 0 amide bonds. The molecule has 0 unspecified atom stereocenters. The van der Waals surface area contributed by atoms with Crippen molar-refractivity contribution in [1.82, 2.24) is 0 Å². The highest BCUT2D eigenvalue weighted by molar-refractivity contribution is 5.69. The normalized spacial score (nSPS) is 10.2. The molecular weight excluding hydrogens is 216 g/mol. The summed E-state index contributed by atoms with van der Waals surface area (Å²) in [5, 5.41) is 0. The molecule has 0 saturated carbocycles. The van der Waals surface area contributed by atoms with Crippen LogP contribution in [-0.4, -0.2) is 0 Å². The molecule has 0 heteroatoms. The molecule has 3 rings (SSSR count). The fraction of sp³-hybridized carbons (Fsp3) is 0. The van der Waals surface area contributed by atoms with Crippen LogP contribution in [0.5, 0.6) is 0 Å². The van der Waals surface area contributed by atoms with Gasteiger partial charge in [-0.25, -0.2) is 0 Å². The third-order valence-corrected chi connectivity index (χ3v) is 2.91. The lowest BCUT2D eigenvalue weighted by molar-refractivity contribution is 1.57. The molecule has 0 aliphatic carbocycles. The Bertz CT molecular complexity index is 549. The monoisotopic (exact) mass is 228 g/mol. The SMILES string of the molecule is [c]1cc(-c2ccccc2)c[c]c1-c1ccccc1. The van der Waals surface area contributed by atoms with Crippen LogP contribution in [-0.2, 0) is 0 Å². The Balaban J connectivity index is 1.95. The first-order chi connectivity index (χ1) is 8.93. The Morgan fingerprint density at radius 2 is 1.00 bits per heavy atom. The lowest BCUT2D eigenvalue weighted by Crippen LogP contribution is -1.80. The maximum atomic E-state index is 3.30. The van der Waals surface area contributed by atoms with E-state index in [4.69, 9.17) is 0 Å². The fourth-order valence-electron chi connectivity index (χ4n) is 1.95. The van der Waals surface area contributed by atoms with Gasteiger partial charge in [-0.3, -0.25) is 0 Å². The van der Waals surface area contributed by atoms with E-state index >= 15 is 0 Å². The number of hydrogen-bond acceptors (Lipinski definition) is 0. The van der Waals surface area contributed by atoms with Crippen LogP contribution in [0.4, 0.5) is 0 Å². The minimum Gasteiger partial charge on any atom is -0.0622 e. The van der Waals surface area contributed by atoms with Crippen LogP contribution in [0.1, 0.15) is 0 Å². The van der Waals surface area contributed by atoms with E-state index in [1.807, 2.05) is 48.5 Å². The molecule has 0 N–H and O–H groups in total. The van der Waals surface area contributed by atoms with Gasteiger partial charge in [-0.1, -0.05) is 60.7 Å². The second-order valence-corrected chi connectivity index (χ2v) is 4.14. The van der Waals surface area contributed by atoms with Gasteiger partial charge >= 0.3 is 0 Å². The van der Waals surface area contributed by atoms with Crippen molar-refractivity contribution in [2.75, 3.05) is 0 Å². The van der Waals surface area contributed by atoms with Gasteiger partial charge in [0.1, 0.15) is 0 Å². The maximum absolute atomic E-state index is 3.30. The summed E-state index contributed by atoms with van der Waals surface area (Å²) >= 11 is 0. The van der Waals surface area contributed by atoms with Crippen molar-refractivity contribution in [3.8, 4) is 22.3 Å². The van der Waals surface area contributed by atoms with Crippen molar-refractivity contribution in [3.63, 3.8) is 0 Å². The van der Waals surface area contributed by atoms with Gasteiger partial charge in [0.05, 0.1) is 0 Å². The van der Waals surface area contributed by atoms with E-state index in [1.54, 1.807) is 0 Å². The fourth-order valence-corrected chi connectivity index (χ4v) is 1.95. The van der Waals surface area contributed by atoms with Gasteiger partial charge < -0.3 is 0 Å². The van der Waals surface area contributed by atoms with Crippen molar-refractivity contribution in [1.29, 1.82) is 0 Å². The molecule has 0 heterocycles. The Morgan fingerprint density at radius 3 is 1.56 bits per heavy atom. The summed E-state index contributed by atoms with van der Waals surface area (Å²) in [4.78, 5) is 0. The van der Waals surface area contributed by atoms with Crippen LogP contribution in [0.2, 0.25) is 0 Å².